The van der Waals surface area contributed by atoms with Crippen molar-refractivity contribution in [2.45, 2.75) is 31.7 Å². The topological polar surface area (TPSA) is 97.5 Å². The fourth-order valence-corrected chi connectivity index (χ4v) is 1.33. The van der Waals surface area contributed by atoms with Crippen LogP contribution in [-0.2, 0) is 14.4 Å². The molecule has 14 heavy (non-hydrogen) atoms. The van der Waals surface area contributed by atoms with Crippen LogP contribution in [0.4, 0.5) is 0 Å². The van der Waals surface area contributed by atoms with Gasteiger partial charge in [0, 0.05) is 12.3 Å². The summed E-state index contributed by atoms with van der Waals surface area (Å²) in [5.74, 6) is -1.99. The summed E-state index contributed by atoms with van der Waals surface area (Å²) in [6.45, 7) is 1.69. The van der Waals surface area contributed by atoms with E-state index in [-0.39, 0.29) is 12.8 Å². The summed E-state index contributed by atoms with van der Waals surface area (Å²) in [6, 6.07) is 0. The average Bonchev–Trinajstić information content (AvgIpc) is 2.16. The van der Waals surface area contributed by atoms with Gasteiger partial charge in [-0.2, -0.15) is 0 Å². The molecule has 2 atom stereocenters. The first-order chi connectivity index (χ1) is 6.52. The molecule has 0 saturated carbocycles. The van der Waals surface area contributed by atoms with Crippen molar-refractivity contribution in [3.63, 3.8) is 0 Å². The van der Waals surface area contributed by atoms with Crippen molar-refractivity contribution in [2.24, 2.45) is 11.7 Å². The van der Waals surface area contributed by atoms with E-state index < -0.39 is 17.4 Å². The van der Waals surface area contributed by atoms with E-state index in [2.05, 4.69) is 0 Å². The number of carbonyl (C=O) groups excluding carboxylic acids is 2. The largest absolute Gasteiger partial charge is 0.480 e. The van der Waals surface area contributed by atoms with Gasteiger partial charge in [-0.15, -0.1) is 0 Å². The molecular weight excluding hydrogens is 186 g/mol. The maximum Gasteiger partial charge on any atom is 0.324 e. The van der Waals surface area contributed by atoms with Crippen molar-refractivity contribution in [1.82, 2.24) is 0 Å². The van der Waals surface area contributed by atoms with Crippen molar-refractivity contribution in [3.8, 4) is 0 Å². The number of rotatable bonds is 7. The smallest absolute Gasteiger partial charge is 0.324 e. The summed E-state index contributed by atoms with van der Waals surface area (Å²) < 4.78 is 0. The van der Waals surface area contributed by atoms with E-state index >= 15 is 0 Å². The van der Waals surface area contributed by atoms with Gasteiger partial charge in [-0.1, -0.05) is 6.92 Å². The molecule has 0 aromatic rings. The van der Waals surface area contributed by atoms with Gasteiger partial charge in [0.1, 0.15) is 18.1 Å². The molecule has 0 aromatic carbocycles. The summed E-state index contributed by atoms with van der Waals surface area (Å²) in [4.78, 5) is 31.6. The summed E-state index contributed by atoms with van der Waals surface area (Å²) in [5, 5.41) is 8.89. The second-order valence-corrected chi connectivity index (χ2v) is 3.20. The second-order valence-electron chi connectivity index (χ2n) is 3.20. The highest BCUT2D eigenvalue weighted by Gasteiger charge is 2.40. The van der Waals surface area contributed by atoms with Gasteiger partial charge in [0.15, 0.2) is 0 Å². The Balaban J connectivity index is 4.76. The first-order valence-corrected chi connectivity index (χ1v) is 4.44. The van der Waals surface area contributed by atoms with Crippen molar-refractivity contribution < 1.29 is 19.5 Å². The molecule has 0 aliphatic heterocycles. The zero-order chi connectivity index (χ0) is 11.2. The standard InChI is InChI=1S/C9H15NO4/c1-2-7(6-12)9(10,8(13)14)4-3-5-11/h5-7H,2-4,10H2,1H3,(H,13,14). The Morgan fingerprint density at radius 1 is 1.57 bits per heavy atom. The van der Waals surface area contributed by atoms with Gasteiger partial charge in [0.2, 0.25) is 0 Å². The number of aliphatic carboxylic acids is 1. The van der Waals surface area contributed by atoms with Gasteiger partial charge in [-0.3, -0.25) is 4.79 Å². The van der Waals surface area contributed by atoms with Crippen molar-refractivity contribution in [2.75, 3.05) is 0 Å². The maximum absolute atomic E-state index is 10.9. The number of carboxylic acid groups (broad SMARTS) is 1. The minimum absolute atomic E-state index is 0.0108. The third-order valence-corrected chi connectivity index (χ3v) is 2.34. The first kappa shape index (κ1) is 12.8. The van der Waals surface area contributed by atoms with Crippen molar-refractivity contribution in [3.05, 3.63) is 0 Å². The van der Waals surface area contributed by atoms with Crippen LogP contribution < -0.4 is 5.73 Å². The third kappa shape index (κ3) is 2.63. The van der Waals surface area contributed by atoms with E-state index in [0.29, 0.717) is 19.0 Å². The van der Waals surface area contributed by atoms with Crippen LogP contribution in [0.2, 0.25) is 0 Å². The molecule has 80 valence electrons. The van der Waals surface area contributed by atoms with Crippen LogP contribution in [0.15, 0.2) is 0 Å². The number of carbonyl (C=O) groups is 3. The Bertz CT molecular complexity index is 229. The SMILES string of the molecule is CCC(C=O)C(N)(CCC=O)C(=O)O. The molecule has 0 aromatic heterocycles. The van der Waals surface area contributed by atoms with Crippen LogP contribution in [-0.4, -0.2) is 29.2 Å². The minimum atomic E-state index is -1.61. The van der Waals surface area contributed by atoms with Crippen LogP contribution in [0.3, 0.4) is 0 Å². The van der Waals surface area contributed by atoms with E-state index in [1.807, 2.05) is 0 Å². The van der Waals surface area contributed by atoms with Crippen molar-refractivity contribution in [1.29, 1.82) is 0 Å². The lowest BCUT2D eigenvalue weighted by molar-refractivity contribution is -0.147. The summed E-state index contributed by atoms with van der Waals surface area (Å²) in [6.07, 6.45) is 1.53. The van der Waals surface area contributed by atoms with Crippen LogP contribution in [0.25, 0.3) is 0 Å². The Morgan fingerprint density at radius 2 is 2.14 bits per heavy atom. The fraction of sp³-hybridized carbons (Fsp3) is 0.667. The molecule has 0 saturated heterocycles. The molecule has 3 N–H and O–H groups in total. The lowest BCUT2D eigenvalue weighted by atomic mass is 9.80. The van der Waals surface area contributed by atoms with E-state index in [1.165, 1.54) is 0 Å². The highest BCUT2D eigenvalue weighted by molar-refractivity contribution is 5.83. The zero-order valence-corrected chi connectivity index (χ0v) is 8.10. The van der Waals surface area contributed by atoms with Gasteiger partial charge in [0.25, 0.3) is 0 Å². The quantitative estimate of drug-likeness (QED) is 0.564. The lowest BCUT2D eigenvalue weighted by Gasteiger charge is -2.28. The predicted molar refractivity (Wildman–Crippen MR) is 49.7 cm³/mol. The van der Waals surface area contributed by atoms with Crippen LogP contribution in [0, 0.1) is 5.92 Å². The summed E-state index contributed by atoms with van der Waals surface area (Å²) in [7, 11) is 0. The molecule has 5 heteroatoms. The highest BCUT2D eigenvalue weighted by atomic mass is 16.4. The lowest BCUT2D eigenvalue weighted by Crippen LogP contribution is -2.54. The number of hydrogen-bond donors (Lipinski definition) is 2. The molecule has 0 spiro atoms. The molecule has 2 unspecified atom stereocenters. The Hall–Kier alpha value is -1.23. The van der Waals surface area contributed by atoms with E-state index in [9.17, 15) is 14.4 Å². The Labute approximate surface area is 82.3 Å². The molecule has 0 radical (unpaired) electrons. The van der Waals surface area contributed by atoms with Crippen molar-refractivity contribution >= 4 is 18.5 Å². The summed E-state index contributed by atoms with van der Waals surface area (Å²) >= 11 is 0. The monoisotopic (exact) mass is 201 g/mol. The Kier molecular flexibility index (Phi) is 5.01. The first-order valence-electron chi connectivity index (χ1n) is 4.44. The number of aldehydes is 2. The van der Waals surface area contributed by atoms with Gasteiger partial charge in [-0.25, -0.2) is 0 Å². The van der Waals surface area contributed by atoms with E-state index in [1.54, 1.807) is 6.92 Å². The van der Waals surface area contributed by atoms with Gasteiger partial charge in [-0.05, 0) is 12.8 Å². The zero-order valence-electron chi connectivity index (χ0n) is 8.10. The molecule has 0 amide bonds. The predicted octanol–water partition coefficient (Wildman–Crippen LogP) is -0.0273. The molecular formula is C9H15NO4. The summed E-state index contributed by atoms with van der Waals surface area (Å²) in [5.41, 5.74) is 3.99. The van der Waals surface area contributed by atoms with Crippen LogP contribution in [0.5, 0.6) is 0 Å². The Morgan fingerprint density at radius 3 is 2.43 bits per heavy atom. The van der Waals surface area contributed by atoms with Crippen LogP contribution in [0.1, 0.15) is 26.2 Å². The molecule has 0 aliphatic rings. The number of carboxylic acids is 1. The van der Waals surface area contributed by atoms with Gasteiger partial charge in [0.05, 0.1) is 0 Å². The van der Waals surface area contributed by atoms with Gasteiger partial charge >= 0.3 is 5.97 Å². The number of nitrogens with two attached hydrogens (primary N) is 1. The highest BCUT2D eigenvalue weighted by Crippen LogP contribution is 2.21. The van der Waals surface area contributed by atoms with E-state index in [0.717, 1.165) is 0 Å². The second kappa shape index (κ2) is 5.49. The molecule has 5 nitrogen and oxygen atoms in total. The molecule has 0 bridgehead atoms. The average molecular weight is 201 g/mol. The molecule has 0 fully saturated rings. The van der Waals surface area contributed by atoms with Crippen LogP contribution >= 0.6 is 0 Å². The fourth-order valence-electron chi connectivity index (χ4n) is 1.33. The third-order valence-electron chi connectivity index (χ3n) is 2.34. The maximum atomic E-state index is 10.9. The normalized spacial score (nSPS) is 16.7. The molecule has 0 heterocycles. The minimum Gasteiger partial charge on any atom is -0.480 e. The van der Waals surface area contributed by atoms with E-state index in [4.69, 9.17) is 10.8 Å². The molecule has 0 rings (SSSR count). The molecule has 0 aliphatic carbocycles. The van der Waals surface area contributed by atoms with Gasteiger partial charge < -0.3 is 20.4 Å². The number of hydrogen-bond acceptors (Lipinski definition) is 4.